The molecule has 0 aromatic rings. The fourth-order valence-electron chi connectivity index (χ4n) is 4.02. The molecule has 1 rings (SSSR count). The number of hydrogen-bond donors (Lipinski definition) is 0. The first kappa shape index (κ1) is 26.0. The summed E-state index contributed by atoms with van der Waals surface area (Å²) in [5, 5.41) is 0. The first-order valence-electron chi connectivity index (χ1n) is 11.8. The van der Waals surface area contributed by atoms with E-state index in [9.17, 15) is 9.59 Å². The molecule has 0 radical (unpaired) electrons. The normalized spacial score (nSPS) is 18.2. The van der Waals surface area contributed by atoms with Crippen LogP contribution in [0.3, 0.4) is 0 Å². The van der Waals surface area contributed by atoms with Crippen molar-refractivity contribution in [1.82, 2.24) is 0 Å². The summed E-state index contributed by atoms with van der Waals surface area (Å²) in [5.74, 6) is -0.938. The van der Waals surface area contributed by atoms with E-state index in [4.69, 9.17) is 9.47 Å². The van der Waals surface area contributed by atoms with Crippen LogP contribution < -0.4 is 0 Å². The number of rotatable bonds is 10. The van der Waals surface area contributed by atoms with E-state index in [1.165, 1.54) is 6.42 Å². The molecule has 170 valence electrons. The molecule has 0 spiro atoms. The first-order chi connectivity index (χ1) is 13.4. The van der Waals surface area contributed by atoms with Gasteiger partial charge in [-0.15, -0.1) is 0 Å². The van der Waals surface area contributed by atoms with Crippen LogP contribution in [-0.2, 0) is 19.1 Å². The highest BCUT2D eigenvalue weighted by molar-refractivity contribution is 5.82. The van der Waals surface area contributed by atoms with Crippen LogP contribution >= 0.6 is 0 Å². The number of ether oxygens (including phenoxy) is 2. The van der Waals surface area contributed by atoms with E-state index >= 15 is 0 Å². The van der Waals surface area contributed by atoms with Gasteiger partial charge in [0.25, 0.3) is 0 Å². The van der Waals surface area contributed by atoms with E-state index in [-0.39, 0.29) is 40.5 Å². The Balaban J connectivity index is 3.04. The van der Waals surface area contributed by atoms with E-state index in [1.807, 2.05) is 0 Å². The number of hydrogen-bond acceptors (Lipinski definition) is 4. The van der Waals surface area contributed by atoms with Crippen molar-refractivity contribution in [3.05, 3.63) is 0 Å². The van der Waals surface area contributed by atoms with Gasteiger partial charge in [0.15, 0.2) is 0 Å². The van der Waals surface area contributed by atoms with E-state index in [1.54, 1.807) is 0 Å². The van der Waals surface area contributed by atoms with Crippen molar-refractivity contribution in [3.8, 4) is 0 Å². The van der Waals surface area contributed by atoms with Crippen LogP contribution in [0.4, 0.5) is 0 Å². The summed E-state index contributed by atoms with van der Waals surface area (Å²) in [4.78, 5) is 26.4. The van der Waals surface area contributed by atoms with Gasteiger partial charge < -0.3 is 9.47 Å². The van der Waals surface area contributed by atoms with E-state index in [2.05, 4.69) is 48.5 Å². The van der Waals surface area contributed by atoms with Crippen molar-refractivity contribution in [2.75, 3.05) is 13.2 Å². The molecule has 0 bridgehead atoms. The van der Waals surface area contributed by atoms with Crippen LogP contribution in [-0.4, -0.2) is 25.2 Å². The van der Waals surface area contributed by atoms with Crippen molar-refractivity contribution in [1.29, 1.82) is 0 Å². The van der Waals surface area contributed by atoms with E-state index < -0.39 is 0 Å². The molecular formula is C25H46O4. The Morgan fingerprint density at radius 3 is 1.83 bits per heavy atom. The second-order valence-corrected chi connectivity index (χ2v) is 11.4. The average Bonchev–Trinajstić information content (AvgIpc) is 2.63. The molecule has 0 saturated heterocycles. The summed E-state index contributed by atoms with van der Waals surface area (Å²) < 4.78 is 11.5. The maximum atomic E-state index is 13.2. The standard InChI is InChI=1S/C25H46O4/c1-8-9-11-16-20(22(26)28-17-24(2,3)4)21(19-14-12-10-13-15-19)23(27)29-18-25(5,6)7/h19-21H,8-18H2,1-7H3. The lowest BCUT2D eigenvalue weighted by molar-refractivity contribution is -0.167. The molecule has 4 heteroatoms. The zero-order valence-corrected chi connectivity index (χ0v) is 20.1. The molecule has 0 N–H and O–H groups in total. The largest absolute Gasteiger partial charge is 0.465 e. The summed E-state index contributed by atoms with van der Waals surface area (Å²) in [5.41, 5.74) is -0.173. The van der Waals surface area contributed by atoms with Gasteiger partial charge in [-0.05, 0) is 36.0 Å². The van der Waals surface area contributed by atoms with Crippen LogP contribution in [0.25, 0.3) is 0 Å². The molecule has 2 unspecified atom stereocenters. The van der Waals surface area contributed by atoms with Crippen molar-refractivity contribution < 1.29 is 19.1 Å². The SMILES string of the molecule is CCCCCC(C(=O)OCC(C)(C)C)C(C(=O)OCC(C)(C)C)C1CCCCC1. The Labute approximate surface area is 179 Å². The van der Waals surface area contributed by atoms with Crippen molar-refractivity contribution >= 4 is 11.9 Å². The molecule has 1 saturated carbocycles. The quantitative estimate of drug-likeness (QED) is 0.302. The highest BCUT2D eigenvalue weighted by atomic mass is 16.5. The Kier molecular flexibility index (Phi) is 10.7. The van der Waals surface area contributed by atoms with Crippen LogP contribution in [0.15, 0.2) is 0 Å². The summed E-state index contributed by atoms with van der Waals surface area (Å²) in [6, 6.07) is 0. The fraction of sp³-hybridized carbons (Fsp3) is 0.920. The molecule has 0 aromatic heterocycles. The van der Waals surface area contributed by atoms with Crippen LogP contribution in [0.1, 0.15) is 106 Å². The number of carbonyl (C=O) groups is 2. The Hall–Kier alpha value is -1.06. The zero-order valence-electron chi connectivity index (χ0n) is 20.1. The van der Waals surface area contributed by atoms with Gasteiger partial charge in [-0.1, -0.05) is 87.0 Å². The van der Waals surface area contributed by atoms with Gasteiger partial charge in [0.1, 0.15) is 0 Å². The lowest BCUT2D eigenvalue weighted by atomic mass is 9.72. The maximum Gasteiger partial charge on any atom is 0.310 e. The van der Waals surface area contributed by atoms with Crippen LogP contribution in [0.5, 0.6) is 0 Å². The predicted molar refractivity (Wildman–Crippen MR) is 119 cm³/mol. The van der Waals surface area contributed by atoms with E-state index in [0.29, 0.717) is 19.6 Å². The molecule has 1 aliphatic carbocycles. The molecule has 1 aliphatic rings. The zero-order chi connectivity index (χ0) is 22.1. The molecule has 0 aromatic carbocycles. The Bertz CT molecular complexity index is 492. The summed E-state index contributed by atoms with van der Waals surface area (Å²) in [6.07, 6.45) is 9.31. The smallest absolute Gasteiger partial charge is 0.310 e. The lowest BCUT2D eigenvalue weighted by Crippen LogP contribution is -2.40. The third kappa shape index (κ3) is 10.5. The Morgan fingerprint density at radius 2 is 1.34 bits per heavy atom. The van der Waals surface area contributed by atoms with Crippen LogP contribution in [0.2, 0.25) is 0 Å². The minimum absolute atomic E-state index is 0.0861. The molecule has 4 nitrogen and oxygen atoms in total. The molecule has 0 aliphatic heterocycles. The lowest BCUT2D eigenvalue weighted by Gasteiger charge is -2.34. The van der Waals surface area contributed by atoms with Crippen LogP contribution in [0, 0.1) is 28.6 Å². The fourth-order valence-corrected chi connectivity index (χ4v) is 4.02. The van der Waals surface area contributed by atoms with Crippen molar-refractivity contribution in [2.24, 2.45) is 28.6 Å². The number of carbonyl (C=O) groups excluding carboxylic acids is 2. The monoisotopic (exact) mass is 410 g/mol. The average molecular weight is 411 g/mol. The highest BCUT2D eigenvalue weighted by Crippen LogP contribution is 2.38. The molecule has 1 fully saturated rings. The second-order valence-electron chi connectivity index (χ2n) is 11.4. The van der Waals surface area contributed by atoms with Gasteiger partial charge in [0.05, 0.1) is 25.0 Å². The summed E-state index contributed by atoms with van der Waals surface area (Å²) >= 11 is 0. The Morgan fingerprint density at radius 1 is 0.828 bits per heavy atom. The van der Waals surface area contributed by atoms with Gasteiger partial charge in [0.2, 0.25) is 0 Å². The maximum absolute atomic E-state index is 13.2. The third-order valence-corrected chi connectivity index (χ3v) is 5.58. The van der Waals surface area contributed by atoms with Gasteiger partial charge in [0, 0.05) is 0 Å². The van der Waals surface area contributed by atoms with Gasteiger partial charge in [-0.2, -0.15) is 0 Å². The second kappa shape index (κ2) is 12.0. The first-order valence-corrected chi connectivity index (χ1v) is 11.8. The predicted octanol–water partition coefficient (Wildman–Crippen LogP) is 6.56. The van der Waals surface area contributed by atoms with Crippen molar-refractivity contribution in [2.45, 2.75) is 106 Å². The molecular weight excluding hydrogens is 364 g/mol. The summed E-state index contributed by atoms with van der Waals surface area (Å²) in [6.45, 7) is 15.3. The summed E-state index contributed by atoms with van der Waals surface area (Å²) in [7, 11) is 0. The topological polar surface area (TPSA) is 52.6 Å². The molecule has 0 heterocycles. The number of esters is 2. The highest BCUT2D eigenvalue weighted by Gasteiger charge is 2.42. The minimum atomic E-state index is -0.389. The van der Waals surface area contributed by atoms with E-state index in [0.717, 1.165) is 44.9 Å². The van der Waals surface area contributed by atoms with Gasteiger partial charge in [-0.25, -0.2) is 0 Å². The number of unbranched alkanes of at least 4 members (excludes halogenated alkanes) is 2. The molecule has 0 amide bonds. The minimum Gasteiger partial charge on any atom is -0.465 e. The van der Waals surface area contributed by atoms with Gasteiger partial charge >= 0.3 is 11.9 Å². The molecule has 29 heavy (non-hydrogen) atoms. The van der Waals surface area contributed by atoms with Crippen molar-refractivity contribution in [3.63, 3.8) is 0 Å². The third-order valence-electron chi connectivity index (χ3n) is 5.58. The van der Waals surface area contributed by atoms with Gasteiger partial charge in [-0.3, -0.25) is 9.59 Å². The molecule has 2 atom stereocenters.